The molecular formula is C15H17N3O2. The Hall–Kier alpha value is -2.40. The van der Waals surface area contributed by atoms with E-state index in [0.29, 0.717) is 18.8 Å². The second-order valence-electron chi connectivity index (χ2n) is 4.23. The molecule has 0 aliphatic carbocycles. The van der Waals surface area contributed by atoms with Crippen molar-refractivity contribution in [3.63, 3.8) is 0 Å². The molecule has 5 nitrogen and oxygen atoms in total. The first-order chi connectivity index (χ1) is 9.78. The Morgan fingerprint density at radius 3 is 2.65 bits per heavy atom. The van der Waals surface area contributed by atoms with Gasteiger partial charge in [-0.1, -0.05) is 18.2 Å². The van der Waals surface area contributed by atoms with Crippen LogP contribution in [-0.4, -0.2) is 17.5 Å². The minimum atomic E-state index is -0.182. The number of pyridine rings is 1. The Labute approximate surface area is 117 Å². The lowest BCUT2D eigenvalue weighted by Gasteiger charge is -2.07. The quantitative estimate of drug-likeness (QED) is 0.828. The smallest absolute Gasteiger partial charge is 0.258 e. The third-order valence-corrected chi connectivity index (χ3v) is 2.72. The fourth-order valence-corrected chi connectivity index (χ4v) is 1.61. The van der Waals surface area contributed by atoms with Gasteiger partial charge in [0, 0.05) is 12.7 Å². The molecule has 2 aromatic rings. The van der Waals surface area contributed by atoms with Gasteiger partial charge in [0.1, 0.15) is 5.75 Å². The molecule has 0 saturated heterocycles. The van der Waals surface area contributed by atoms with Crippen molar-refractivity contribution >= 4 is 5.91 Å². The minimum Gasteiger partial charge on any atom is -0.484 e. The lowest BCUT2D eigenvalue weighted by Crippen LogP contribution is -2.28. The normalized spacial score (nSPS) is 10.1. The molecule has 1 aromatic heterocycles. The average molecular weight is 271 g/mol. The van der Waals surface area contributed by atoms with E-state index in [4.69, 9.17) is 10.5 Å². The van der Waals surface area contributed by atoms with E-state index in [1.807, 2.05) is 30.3 Å². The Morgan fingerprint density at radius 1 is 1.20 bits per heavy atom. The SMILES string of the molecule is NCc1ccc(OCC(=O)NCc2ccccn2)cc1. The summed E-state index contributed by atoms with van der Waals surface area (Å²) in [7, 11) is 0. The maximum Gasteiger partial charge on any atom is 0.258 e. The number of carbonyl (C=O) groups excluding carboxylic acids is 1. The van der Waals surface area contributed by atoms with Crippen molar-refractivity contribution in [2.75, 3.05) is 6.61 Å². The van der Waals surface area contributed by atoms with Crippen molar-refractivity contribution in [2.24, 2.45) is 5.73 Å². The van der Waals surface area contributed by atoms with Gasteiger partial charge >= 0.3 is 0 Å². The van der Waals surface area contributed by atoms with Crippen molar-refractivity contribution in [3.8, 4) is 5.75 Å². The van der Waals surface area contributed by atoms with Crippen molar-refractivity contribution < 1.29 is 9.53 Å². The minimum absolute atomic E-state index is 0.0190. The Kier molecular flexibility index (Phi) is 5.08. The third-order valence-electron chi connectivity index (χ3n) is 2.72. The van der Waals surface area contributed by atoms with E-state index in [1.165, 1.54) is 0 Å². The summed E-state index contributed by atoms with van der Waals surface area (Å²) in [6.07, 6.45) is 1.69. The molecule has 0 radical (unpaired) electrons. The number of hydrogen-bond acceptors (Lipinski definition) is 4. The summed E-state index contributed by atoms with van der Waals surface area (Å²) in [4.78, 5) is 15.7. The predicted octanol–water partition coefficient (Wildman–Crippen LogP) is 1.24. The van der Waals surface area contributed by atoms with Crippen LogP contribution >= 0.6 is 0 Å². The van der Waals surface area contributed by atoms with Gasteiger partial charge in [0.15, 0.2) is 6.61 Å². The number of benzene rings is 1. The van der Waals surface area contributed by atoms with Gasteiger partial charge in [-0.2, -0.15) is 0 Å². The fourth-order valence-electron chi connectivity index (χ4n) is 1.61. The van der Waals surface area contributed by atoms with Crippen molar-refractivity contribution in [2.45, 2.75) is 13.1 Å². The number of aromatic nitrogens is 1. The van der Waals surface area contributed by atoms with Crippen LogP contribution in [-0.2, 0) is 17.9 Å². The van der Waals surface area contributed by atoms with E-state index < -0.39 is 0 Å². The van der Waals surface area contributed by atoms with E-state index in [9.17, 15) is 4.79 Å². The van der Waals surface area contributed by atoms with E-state index in [0.717, 1.165) is 11.3 Å². The maximum atomic E-state index is 11.6. The first-order valence-electron chi connectivity index (χ1n) is 6.36. The summed E-state index contributed by atoms with van der Waals surface area (Å²) in [5.74, 6) is 0.466. The summed E-state index contributed by atoms with van der Waals surface area (Å²) < 4.78 is 5.38. The Balaban J connectivity index is 1.74. The number of rotatable bonds is 6. The largest absolute Gasteiger partial charge is 0.484 e. The molecule has 2 rings (SSSR count). The fraction of sp³-hybridized carbons (Fsp3) is 0.200. The lowest BCUT2D eigenvalue weighted by atomic mass is 10.2. The summed E-state index contributed by atoms with van der Waals surface area (Å²) in [5.41, 5.74) is 7.34. The van der Waals surface area contributed by atoms with Crippen molar-refractivity contribution in [1.29, 1.82) is 0 Å². The van der Waals surface area contributed by atoms with Gasteiger partial charge in [-0.15, -0.1) is 0 Å². The number of nitrogens with two attached hydrogens (primary N) is 1. The van der Waals surface area contributed by atoms with E-state index in [-0.39, 0.29) is 12.5 Å². The van der Waals surface area contributed by atoms with E-state index in [1.54, 1.807) is 18.3 Å². The van der Waals surface area contributed by atoms with Crippen LogP contribution in [0.5, 0.6) is 5.75 Å². The summed E-state index contributed by atoms with van der Waals surface area (Å²) in [5, 5.41) is 2.75. The first-order valence-corrected chi connectivity index (χ1v) is 6.36. The van der Waals surface area contributed by atoms with Gasteiger partial charge < -0.3 is 15.8 Å². The van der Waals surface area contributed by atoms with Crippen molar-refractivity contribution in [3.05, 3.63) is 59.9 Å². The molecule has 0 spiro atoms. The summed E-state index contributed by atoms with van der Waals surface area (Å²) in [6, 6.07) is 12.9. The van der Waals surface area contributed by atoms with Crippen LogP contribution in [0, 0.1) is 0 Å². The Bertz CT molecular complexity index is 541. The molecule has 0 aliphatic rings. The number of nitrogens with zero attached hydrogens (tertiary/aromatic N) is 1. The van der Waals surface area contributed by atoms with Gasteiger partial charge in [0.2, 0.25) is 0 Å². The summed E-state index contributed by atoms with van der Waals surface area (Å²) >= 11 is 0. The predicted molar refractivity (Wildman–Crippen MR) is 75.9 cm³/mol. The maximum absolute atomic E-state index is 11.6. The zero-order valence-electron chi connectivity index (χ0n) is 11.1. The second-order valence-corrected chi connectivity index (χ2v) is 4.23. The molecule has 1 amide bonds. The molecule has 104 valence electrons. The standard InChI is InChI=1S/C15H17N3O2/c16-9-12-4-6-14(7-5-12)20-11-15(19)18-10-13-3-1-2-8-17-13/h1-8H,9-11,16H2,(H,18,19). The number of ether oxygens (including phenoxy) is 1. The molecule has 0 atom stereocenters. The lowest BCUT2D eigenvalue weighted by molar-refractivity contribution is -0.123. The topological polar surface area (TPSA) is 77.2 Å². The Morgan fingerprint density at radius 2 is 2.00 bits per heavy atom. The van der Waals surface area contributed by atoms with E-state index >= 15 is 0 Å². The van der Waals surface area contributed by atoms with Gasteiger partial charge in [-0.05, 0) is 29.8 Å². The number of hydrogen-bond donors (Lipinski definition) is 2. The zero-order valence-corrected chi connectivity index (χ0v) is 11.1. The van der Waals surface area contributed by atoms with Gasteiger partial charge in [-0.25, -0.2) is 0 Å². The number of carbonyl (C=O) groups is 1. The first kappa shape index (κ1) is 14.0. The van der Waals surface area contributed by atoms with Gasteiger partial charge in [0.25, 0.3) is 5.91 Å². The van der Waals surface area contributed by atoms with Crippen molar-refractivity contribution in [1.82, 2.24) is 10.3 Å². The molecule has 1 aromatic carbocycles. The third kappa shape index (κ3) is 4.37. The summed E-state index contributed by atoms with van der Waals surface area (Å²) in [6.45, 7) is 0.870. The second kappa shape index (κ2) is 7.25. The highest BCUT2D eigenvalue weighted by molar-refractivity contribution is 5.77. The monoisotopic (exact) mass is 271 g/mol. The molecule has 5 heteroatoms. The van der Waals surface area contributed by atoms with E-state index in [2.05, 4.69) is 10.3 Å². The molecule has 0 bridgehead atoms. The van der Waals surface area contributed by atoms with Gasteiger partial charge in [0.05, 0.1) is 12.2 Å². The van der Waals surface area contributed by atoms with Crippen LogP contribution in [0.15, 0.2) is 48.7 Å². The van der Waals surface area contributed by atoms with Crippen LogP contribution in [0.2, 0.25) is 0 Å². The zero-order chi connectivity index (χ0) is 14.2. The number of nitrogens with one attached hydrogen (secondary N) is 1. The van der Waals surface area contributed by atoms with Crippen LogP contribution in [0.1, 0.15) is 11.3 Å². The average Bonchev–Trinajstić information content (AvgIpc) is 2.52. The highest BCUT2D eigenvalue weighted by Gasteiger charge is 2.03. The van der Waals surface area contributed by atoms with Gasteiger partial charge in [-0.3, -0.25) is 9.78 Å². The van der Waals surface area contributed by atoms with Crippen LogP contribution in [0.3, 0.4) is 0 Å². The van der Waals surface area contributed by atoms with Crippen LogP contribution in [0.4, 0.5) is 0 Å². The van der Waals surface area contributed by atoms with Crippen LogP contribution in [0.25, 0.3) is 0 Å². The molecule has 1 heterocycles. The van der Waals surface area contributed by atoms with Crippen LogP contribution < -0.4 is 15.8 Å². The molecule has 0 fully saturated rings. The number of amides is 1. The molecule has 3 N–H and O–H groups in total. The molecule has 0 unspecified atom stereocenters. The molecule has 0 saturated carbocycles. The molecular weight excluding hydrogens is 254 g/mol. The molecule has 20 heavy (non-hydrogen) atoms. The highest BCUT2D eigenvalue weighted by atomic mass is 16.5. The molecule has 0 aliphatic heterocycles. The highest BCUT2D eigenvalue weighted by Crippen LogP contribution is 2.11.